The first-order valence-electron chi connectivity index (χ1n) is 6.74. The molecule has 1 heterocycles. The summed E-state index contributed by atoms with van der Waals surface area (Å²) in [5.74, 6) is -2.11. The van der Waals surface area contributed by atoms with Gasteiger partial charge in [0.15, 0.2) is 11.6 Å². The van der Waals surface area contributed by atoms with Crippen molar-refractivity contribution in [2.45, 2.75) is 25.8 Å². The Hall–Kier alpha value is -2.18. The summed E-state index contributed by atoms with van der Waals surface area (Å²) in [5.41, 5.74) is 0.195. The van der Waals surface area contributed by atoms with Crippen LogP contribution in [0.25, 0.3) is 0 Å². The Morgan fingerprint density at radius 1 is 1.29 bits per heavy atom. The van der Waals surface area contributed by atoms with Crippen molar-refractivity contribution >= 4 is 17.6 Å². The maximum atomic E-state index is 13.1. The molecule has 1 unspecified atom stereocenters. The van der Waals surface area contributed by atoms with Gasteiger partial charge in [-0.3, -0.25) is 4.79 Å². The van der Waals surface area contributed by atoms with E-state index in [4.69, 9.17) is 0 Å². The Labute approximate surface area is 121 Å². The van der Waals surface area contributed by atoms with E-state index in [2.05, 4.69) is 10.6 Å². The van der Waals surface area contributed by atoms with Gasteiger partial charge in [-0.05, 0) is 25.0 Å². The molecule has 1 aromatic carbocycles. The number of anilines is 1. The minimum absolute atomic E-state index is 0.0769. The van der Waals surface area contributed by atoms with Crippen LogP contribution in [0.2, 0.25) is 0 Å². The normalized spacial score (nSPS) is 18.2. The molecule has 0 bridgehead atoms. The van der Waals surface area contributed by atoms with Crippen molar-refractivity contribution in [2.75, 3.05) is 18.4 Å². The highest BCUT2D eigenvalue weighted by Gasteiger charge is 2.24. The Morgan fingerprint density at radius 2 is 2.05 bits per heavy atom. The summed E-state index contributed by atoms with van der Waals surface area (Å²) in [7, 11) is 0. The largest absolute Gasteiger partial charge is 0.352 e. The SMILES string of the molecule is CC(=O)NC1CCCN(C(=O)Nc2ccc(F)c(F)c2)C1. The maximum Gasteiger partial charge on any atom is 0.321 e. The van der Waals surface area contributed by atoms with Gasteiger partial charge in [-0.15, -0.1) is 0 Å². The van der Waals surface area contributed by atoms with E-state index in [1.165, 1.54) is 13.0 Å². The molecule has 1 saturated heterocycles. The highest BCUT2D eigenvalue weighted by atomic mass is 19.2. The van der Waals surface area contributed by atoms with Crippen LogP contribution in [0.15, 0.2) is 18.2 Å². The maximum absolute atomic E-state index is 13.1. The fraction of sp³-hybridized carbons (Fsp3) is 0.429. The van der Waals surface area contributed by atoms with Crippen LogP contribution in [0.5, 0.6) is 0 Å². The van der Waals surface area contributed by atoms with Gasteiger partial charge in [-0.25, -0.2) is 13.6 Å². The molecule has 0 aliphatic carbocycles. The predicted octanol–water partition coefficient (Wildman–Crippen LogP) is 2.10. The van der Waals surface area contributed by atoms with Crippen LogP contribution >= 0.6 is 0 Å². The average molecular weight is 297 g/mol. The lowest BCUT2D eigenvalue weighted by molar-refractivity contribution is -0.119. The summed E-state index contributed by atoms with van der Waals surface area (Å²) < 4.78 is 25.9. The van der Waals surface area contributed by atoms with Gasteiger partial charge in [0.2, 0.25) is 5.91 Å². The Kier molecular flexibility index (Phi) is 4.72. The van der Waals surface area contributed by atoms with Gasteiger partial charge in [-0.2, -0.15) is 0 Å². The van der Waals surface area contributed by atoms with Crippen LogP contribution in [-0.2, 0) is 4.79 Å². The van der Waals surface area contributed by atoms with Gasteiger partial charge in [-0.1, -0.05) is 0 Å². The molecule has 1 atom stereocenters. The van der Waals surface area contributed by atoms with Crippen LogP contribution in [0.4, 0.5) is 19.3 Å². The standard InChI is InChI=1S/C14H17F2N3O2/c1-9(20)17-11-3-2-6-19(8-11)14(21)18-10-4-5-12(15)13(16)7-10/h4-5,7,11H,2-3,6,8H2,1H3,(H,17,20)(H,18,21). The number of amides is 3. The number of rotatable bonds is 2. The van der Waals surface area contributed by atoms with Crippen molar-refractivity contribution in [3.05, 3.63) is 29.8 Å². The van der Waals surface area contributed by atoms with Crippen LogP contribution in [-0.4, -0.2) is 36.0 Å². The van der Waals surface area contributed by atoms with Crippen molar-refractivity contribution in [1.82, 2.24) is 10.2 Å². The van der Waals surface area contributed by atoms with E-state index in [0.717, 1.165) is 25.0 Å². The zero-order chi connectivity index (χ0) is 15.4. The molecule has 2 rings (SSSR count). The first kappa shape index (κ1) is 15.2. The van der Waals surface area contributed by atoms with Gasteiger partial charge < -0.3 is 15.5 Å². The first-order chi connectivity index (χ1) is 9.95. The lowest BCUT2D eigenvalue weighted by atomic mass is 10.1. The second-order valence-electron chi connectivity index (χ2n) is 5.04. The number of benzene rings is 1. The number of likely N-dealkylation sites (tertiary alicyclic amines) is 1. The molecular weight excluding hydrogens is 280 g/mol. The molecule has 1 aromatic rings. The summed E-state index contributed by atoms with van der Waals surface area (Å²) in [6.45, 7) is 2.39. The van der Waals surface area contributed by atoms with E-state index in [1.54, 1.807) is 4.90 Å². The number of nitrogens with one attached hydrogen (secondary N) is 2. The van der Waals surface area contributed by atoms with Crippen molar-refractivity contribution in [3.8, 4) is 0 Å². The van der Waals surface area contributed by atoms with Crippen molar-refractivity contribution in [3.63, 3.8) is 0 Å². The summed E-state index contributed by atoms with van der Waals surface area (Å²) in [5, 5.41) is 5.30. The third-order valence-corrected chi connectivity index (χ3v) is 3.29. The molecule has 0 aromatic heterocycles. The molecule has 0 spiro atoms. The summed E-state index contributed by atoms with van der Waals surface area (Å²) in [6.07, 6.45) is 1.59. The van der Waals surface area contributed by atoms with E-state index in [9.17, 15) is 18.4 Å². The molecule has 1 fully saturated rings. The first-order valence-corrected chi connectivity index (χ1v) is 6.74. The van der Waals surface area contributed by atoms with Gasteiger partial charge in [0, 0.05) is 37.8 Å². The van der Waals surface area contributed by atoms with Crippen molar-refractivity contribution < 1.29 is 18.4 Å². The molecule has 1 aliphatic rings. The third-order valence-electron chi connectivity index (χ3n) is 3.29. The fourth-order valence-electron chi connectivity index (χ4n) is 2.34. The highest BCUT2D eigenvalue weighted by Crippen LogP contribution is 2.16. The lowest BCUT2D eigenvalue weighted by Gasteiger charge is -2.33. The molecule has 0 saturated carbocycles. The van der Waals surface area contributed by atoms with E-state index in [-0.39, 0.29) is 17.6 Å². The number of piperidine rings is 1. The van der Waals surface area contributed by atoms with Gasteiger partial charge in [0.1, 0.15) is 0 Å². The second kappa shape index (κ2) is 6.51. The Morgan fingerprint density at radius 3 is 2.71 bits per heavy atom. The van der Waals surface area contributed by atoms with Crippen LogP contribution < -0.4 is 10.6 Å². The summed E-state index contributed by atoms with van der Waals surface area (Å²) >= 11 is 0. The molecule has 1 aliphatic heterocycles. The van der Waals surface area contributed by atoms with Gasteiger partial charge in [0.25, 0.3) is 0 Å². The highest BCUT2D eigenvalue weighted by molar-refractivity contribution is 5.89. The average Bonchev–Trinajstić information content (AvgIpc) is 2.42. The number of hydrogen-bond donors (Lipinski definition) is 2. The second-order valence-corrected chi connectivity index (χ2v) is 5.04. The molecule has 114 valence electrons. The van der Waals surface area contributed by atoms with E-state index in [0.29, 0.717) is 13.1 Å². The number of urea groups is 1. The smallest absolute Gasteiger partial charge is 0.321 e. The predicted molar refractivity (Wildman–Crippen MR) is 73.8 cm³/mol. The quantitative estimate of drug-likeness (QED) is 0.878. The molecule has 0 radical (unpaired) electrons. The number of hydrogen-bond acceptors (Lipinski definition) is 2. The topological polar surface area (TPSA) is 61.4 Å². The number of nitrogens with zero attached hydrogens (tertiary/aromatic N) is 1. The monoisotopic (exact) mass is 297 g/mol. The molecule has 3 amide bonds. The zero-order valence-corrected chi connectivity index (χ0v) is 11.7. The molecule has 7 heteroatoms. The molecule has 2 N–H and O–H groups in total. The van der Waals surface area contributed by atoms with Gasteiger partial charge in [0.05, 0.1) is 0 Å². The minimum Gasteiger partial charge on any atom is -0.352 e. The summed E-state index contributed by atoms with van der Waals surface area (Å²) in [4.78, 5) is 24.7. The van der Waals surface area contributed by atoms with E-state index < -0.39 is 17.7 Å². The van der Waals surface area contributed by atoms with E-state index >= 15 is 0 Å². The Balaban J connectivity index is 1.96. The van der Waals surface area contributed by atoms with Crippen LogP contribution in [0.1, 0.15) is 19.8 Å². The number of carbonyl (C=O) groups excluding carboxylic acids is 2. The Bertz CT molecular complexity index is 551. The summed E-state index contributed by atoms with van der Waals surface area (Å²) in [6, 6.07) is 2.72. The number of halogens is 2. The fourth-order valence-corrected chi connectivity index (χ4v) is 2.34. The van der Waals surface area contributed by atoms with Crippen LogP contribution in [0.3, 0.4) is 0 Å². The minimum atomic E-state index is -1.01. The van der Waals surface area contributed by atoms with Crippen LogP contribution in [0, 0.1) is 11.6 Å². The molecule has 21 heavy (non-hydrogen) atoms. The number of carbonyl (C=O) groups is 2. The van der Waals surface area contributed by atoms with Crippen molar-refractivity contribution in [1.29, 1.82) is 0 Å². The third kappa shape index (κ3) is 4.14. The van der Waals surface area contributed by atoms with E-state index in [1.807, 2.05) is 0 Å². The zero-order valence-electron chi connectivity index (χ0n) is 11.7. The molecular formula is C14H17F2N3O2. The van der Waals surface area contributed by atoms with Crippen molar-refractivity contribution in [2.24, 2.45) is 0 Å². The van der Waals surface area contributed by atoms with Gasteiger partial charge >= 0.3 is 6.03 Å². The lowest BCUT2D eigenvalue weighted by Crippen LogP contribution is -2.50. The molecule has 5 nitrogen and oxygen atoms in total.